The highest BCUT2D eigenvalue weighted by atomic mass is 28.3. The minimum absolute atomic E-state index is 0.260. The zero-order valence-electron chi connectivity index (χ0n) is 14.0. The van der Waals surface area contributed by atoms with Crippen LogP contribution in [0, 0.1) is 16.9 Å². The first-order valence-electron chi connectivity index (χ1n) is 7.91. The summed E-state index contributed by atoms with van der Waals surface area (Å²) < 4.78 is 0. The Hall–Kier alpha value is -0.263. The van der Waals surface area contributed by atoms with Crippen molar-refractivity contribution in [3.8, 4) is 11.5 Å². The van der Waals surface area contributed by atoms with Crippen molar-refractivity contribution in [3.05, 3.63) is 0 Å². The van der Waals surface area contributed by atoms with Crippen molar-refractivity contribution in [1.29, 1.82) is 0 Å². The SMILES string of the molecule is CCCCCCCC[C@@H](O)C(C)(C)C#C[Si](C)(C)C. The first-order valence-corrected chi connectivity index (χ1v) is 11.4. The maximum Gasteiger partial charge on any atom is 0.129 e. The van der Waals surface area contributed by atoms with E-state index in [1.165, 1.54) is 32.1 Å². The van der Waals surface area contributed by atoms with E-state index in [1.54, 1.807) is 0 Å². The zero-order valence-corrected chi connectivity index (χ0v) is 15.0. The smallest absolute Gasteiger partial charge is 0.129 e. The molecule has 0 saturated heterocycles. The van der Waals surface area contributed by atoms with E-state index in [9.17, 15) is 5.11 Å². The van der Waals surface area contributed by atoms with Crippen LogP contribution >= 0.6 is 0 Å². The summed E-state index contributed by atoms with van der Waals surface area (Å²) in [7, 11) is -1.34. The van der Waals surface area contributed by atoms with E-state index in [4.69, 9.17) is 0 Å². The van der Waals surface area contributed by atoms with E-state index in [1.807, 2.05) is 0 Å². The first-order chi connectivity index (χ1) is 8.69. The summed E-state index contributed by atoms with van der Waals surface area (Å²) in [5, 5.41) is 10.3. The summed E-state index contributed by atoms with van der Waals surface area (Å²) in [4.78, 5) is 0. The molecule has 0 aliphatic heterocycles. The van der Waals surface area contributed by atoms with Gasteiger partial charge >= 0.3 is 0 Å². The lowest BCUT2D eigenvalue weighted by Crippen LogP contribution is -2.29. The number of unbranched alkanes of at least 4 members (excludes halogenated alkanes) is 5. The molecular formula is C17H34OSi. The van der Waals surface area contributed by atoms with Gasteiger partial charge in [-0.15, -0.1) is 11.5 Å². The fourth-order valence-electron chi connectivity index (χ4n) is 1.91. The number of hydrogen-bond donors (Lipinski definition) is 1. The molecule has 112 valence electrons. The zero-order chi connectivity index (χ0) is 14.9. The van der Waals surface area contributed by atoms with Gasteiger partial charge in [-0.25, -0.2) is 0 Å². The minimum Gasteiger partial charge on any atom is -0.392 e. The highest BCUT2D eigenvalue weighted by Gasteiger charge is 2.25. The second kappa shape index (κ2) is 8.82. The summed E-state index contributed by atoms with van der Waals surface area (Å²) >= 11 is 0. The molecule has 1 atom stereocenters. The Morgan fingerprint density at radius 1 is 1.00 bits per heavy atom. The van der Waals surface area contributed by atoms with Crippen molar-refractivity contribution in [1.82, 2.24) is 0 Å². The standard InChI is InChI=1S/C17H34OSi/c1-7-8-9-10-11-12-13-16(18)17(2,3)14-15-19(4,5)6/h16,18H,7-13H2,1-6H3/t16-/m1/s1. The lowest BCUT2D eigenvalue weighted by Gasteiger charge is -2.25. The number of aliphatic hydroxyl groups is 1. The Morgan fingerprint density at radius 3 is 2.05 bits per heavy atom. The van der Waals surface area contributed by atoms with Crippen molar-refractivity contribution >= 4 is 8.07 Å². The van der Waals surface area contributed by atoms with Crippen molar-refractivity contribution < 1.29 is 5.11 Å². The van der Waals surface area contributed by atoms with Crippen LogP contribution < -0.4 is 0 Å². The average molecular weight is 283 g/mol. The van der Waals surface area contributed by atoms with Crippen LogP contribution in [0.25, 0.3) is 0 Å². The summed E-state index contributed by atoms with van der Waals surface area (Å²) in [6.45, 7) is 13.1. The largest absolute Gasteiger partial charge is 0.392 e. The monoisotopic (exact) mass is 282 g/mol. The lowest BCUT2D eigenvalue weighted by atomic mass is 9.85. The van der Waals surface area contributed by atoms with Gasteiger partial charge in [0, 0.05) is 0 Å². The molecule has 0 aromatic carbocycles. The van der Waals surface area contributed by atoms with Gasteiger partial charge < -0.3 is 5.11 Å². The quantitative estimate of drug-likeness (QED) is 0.377. The third kappa shape index (κ3) is 10.2. The average Bonchev–Trinajstić information content (AvgIpc) is 2.30. The molecule has 0 unspecified atom stereocenters. The minimum atomic E-state index is -1.34. The second-order valence-electron chi connectivity index (χ2n) is 7.29. The van der Waals surface area contributed by atoms with Crippen molar-refractivity contribution in [2.45, 2.75) is 91.5 Å². The van der Waals surface area contributed by atoms with Crippen LogP contribution in [0.4, 0.5) is 0 Å². The van der Waals surface area contributed by atoms with Gasteiger partial charge in [-0.3, -0.25) is 0 Å². The Labute approximate surface area is 122 Å². The molecule has 19 heavy (non-hydrogen) atoms. The Kier molecular flexibility index (Phi) is 8.70. The van der Waals surface area contributed by atoms with Gasteiger partial charge in [-0.1, -0.05) is 65.1 Å². The molecule has 2 heteroatoms. The Balaban J connectivity index is 4.03. The summed E-state index contributed by atoms with van der Waals surface area (Å²) in [5.74, 6) is 3.32. The van der Waals surface area contributed by atoms with Crippen LogP contribution in [0.15, 0.2) is 0 Å². The number of rotatable bonds is 8. The van der Waals surface area contributed by atoms with Crippen LogP contribution in [-0.2, 0) is 0 Å². The van der Waals surface area contributed by atoms with E-state index in [0.717, 1.165) is 12.8 Å². The Bertz CT molecular complexity index is 291. The van der Waals surface area contributed by atoms with Gasteiger partial charge in [-0.05, 0) is 20.3 Å². The molecule has 0 aliphatic rings. The van der Waals surface area contributed by atoms with Gasteiger partial charge in [0.2, 0.25) is 0 Å². The normalized spacial score (nSPS) is 13.8. The van der Waals surface area contributed by atoms with Crippen LogP contribution in [0.2, 0.25) is 19.6 Å². The Morgan fingerprint density at radius 2 is 1.53 bits per heavy atom. The van der Waals surface area contributed by atoms with Gasteiger partial charge in [0.05, 0.1) is 11.5 Å². The van der Waals surface area contributed by atoms with E-state index >= 15 is 0 Å². The molecule has 1 N–H and O–H groups in total. The second-order valence-corrected chi connectivity index (χ2v) is 12.0. The summed E-state index contributed by atoms with van der Waals surface area (Å²) in [6, 6.07) is 0. The maximum absolute atomic E-state index is 10.3. The molecule has 0 heterocycles. The highest BCUT2D eigenvalue weighted by molar-refractivity contribution is 6.83. The number of hydrogen-bond acceptors (Lipinski definition) is 1. The van der Waals surface area contributed by atoms with Crippen molar-refractivity contribution in [2.24, 2.45) is 5.41 Å². The third-order valence-corrected chi connectivity index (χ3v) is 4.30. The van der Waals surface area contributed by atoms with Crippen molar-refractivity contribution in [3.63, 3.8) is 0 Å². The van der Waals surface area contributed by atoms with Gasteiger partial charge in [0.1, 0.15) is 8.07 Å². The molecule has 0 rings (SSSR count). The number of aliphatic hydroxyl groups excluding tert-OH is 1. The van der Waals surface area contributed by atoms with Gasteiger partial charge in [0.15, 0.2) is 0 Å². The molecule has 0 amide bonds. The molecular weight excluding hydrogens is 248 g/mol. The summed E-state index contributed by atoms with van der Waals surface area (Å²) in [6.07, 6.45) is 8.25. The van der Waals surface area contributed by atoms with Crippen LogP contribution in [-0.4, -0.2) is 19.3 Å². The third-order valence-electron chi connectivity index (χ3n) is 3.42. The van der Waals surface area contributed by atoms with Crippen molar-refractivity contribution in [2.75, 3.05) is 0 Å². The lowest BCUT2D eigenvalue weighted by molar-refractivity contribution is 0.0770. The molecule has 0 saturated carbocycles. The molecule has 0 bridgehead atoms. The van der Waals surface area contributed by atoms with Crippen LogP contribution in [0.1, 0.15) is 65.7 Å². The van der Waals surface area contributed by atoms with Crippen LogP contribution in [0.3, 0.4) is 0 Å². The van der Waals surface area contributed by atoms with Crippen LogP contribution in [0.5, 0.6) is 0 Å². The van der Waals surface area contributed by atoms with Gasteiger partial charge in [0.25, 0.3) is 0 Å². The first kappa shape index (κ1) is 18.7. The molecule has 0 aromatic heterocycles. The van der Waals surface area contributed by atoms with E-state index in [0.29, 0.717) is 0 Å². The highest BCUT2D eigenvalue weighted by Crippen LogP contribution is 2.24. The van der Waals surface area contributed by atoms with Gasteiger partial charge in [-0.2, -0.15) is 0 Å². The van der Waals surface area contributed by atoms with E-state index < -0.39 is 8.07 Å². The predicted molar refractivity (Wildman–Crippen MR) is 88.9 cm³/mol. The fraction of sp³-hybridized carbons (Fsp3) is 0.882. The predicted octanol–water partition coefficient (Wildman–Crippen LogP) is 5.00. The molecule has 0 aliphatic carbocycles. The summed E-state index contributed by atoms with van der Waals surface area (Å²) in [5.41, 5.74) is 3.13. The van der Waals surface area contributed by atoms with E-state index in [-0.39, 0.29) is 11.5 Å². The maximum atomic E-state index is 10.3. The molecule has 0 aromatic rings. The molecule has 1 nitrogen and oxygen atoms in total. The molecule has 0 radical (unpaired) electrons. The molecule has 0 fully saturated rings. The molecule has 0 spiro atoms. The van der Waals surface area contributed by atoms with E-state index in [2.05, 4.69) is 51.9 Å². The topological polar surface area (TPSA) is 20.2 Å². The fourth-order valence-corrected chi connectivity index (χ4v) is 2.61.